The number of nitrogens with one attached hydrogen (secondary N) is 1. The summed E-state index contributed by atoms with van der Waals surface area (Å²) in [5, 5.41) is 4.26. The fourth-order valence-corrected chi connectivity index (χ4v) is 1.68. The second kappa shape index (κ2) is 4.17. The lowest BCUT2D eigenvalue weighted by Gasteiger charge is -2.07. The van der Waals surface area contributed by atoms with E-state index in [0.717, 1.165) is 22.4 Å². The molecule has 0 spiro atoms. The van der Waals surface area contributed by atoms with Gasteiger partial charge in [-0.25, -0.2) is 9.97 Å². The summed E-state index contributed by atoms with van der Waals surface area (Å²) < 4.78 is 0. The summed E-state index contributed by atoms with van der Waals surface area (Å²) >= 11 is 0. The summed E-state index contributed by atoms with van der Waals surface area (Å²) in [5.41, 5.74) is 1.89. The van der Waals surface area contributed by atoms with E-state index in [4.69, 9.17) is 0 Å². The Morgan fingerprint density at radius 3 is 2.59 bits per heavy atom. The Kier molecular flexibility index (Phi) is 2.38. The standard InChI is InChI=1S/C13H10N4/c1-2-4-12-11(3-1)13(16-9-15-12)17-10-5-7-14-8-6-10/h1-9H,(H,14,15,16,17). The molecule has 0 bridgehead atoms. The van der Waals surface area contributed by atoms with E-state index >= 15 is 0 Å². The van der Waals surface area contributed by atoms with E-state index in [1.165, 1.54) is 0 Å². The average molecular weight is 222 g/mol. The second-order valence-electron chi connectivity index (χ2n) is 3.60. The van der Waals surface area contributed by atoms with Gasteiger partial charge in [-0.1, -0.05) is 12.1 Å². The van der Waals surface area contributed by atoms with Crippen molar-refractivity contribution in [3.63, 3.8) is 0 Å². The predicted octanol–water partition coefficient (Wildman–Crippen LogP) is 2.77. The number of hydrogen-bond acceptors (Lipinski definition) is 4. The molecule has 0 saturated heterocycles. The van der Waals surface area contributed by atoms with Crippen LogP contribution in [0.2, 0.25) is 0 Å². The lowest BCUT2D eigenvalue weighted by molar-refractivity contribution is 1.21. The fourth-order valence-electron chi connectivity index (χ4n) is 1.68. The van der Waals surface area contributed by atoms with Gasteiger partial charge in [-0.2, -0.15) is 0 Å². The average Bonchev–Trinajstić information content (AvgIpc) is 2.40. The minimum Gasteiger partial charge on any atom is -0.340 e. The monoisotopic (exact) mass is 222 g/mol. The van der Waals surface area contributed by atoms with Crippen LogP contribution in [0.5, 0.6) is 0 Å². The Morgan fingerprint density at radius 1 is 0.882 bits per heavy atom. The van der Waals surface area contributed by atoms with E-state index in [1.807, 2.05) is 36.4 Å². The van der Waals surface area contributed by atoms with Gasteiger partial charge in [0.15, 0.2) is 0 Å². The van der Waals surface area contributed by atoms with Gasteiger partial charge in [0.05, 0.1) is 5.52 Å². The molecule has 0 aliphatic carbocycles. The van der Waals surface area contributed by atoms with Crippen LogP contribution in [0.4, 0.5) is 11.5 Å². The van der Waals surface area contributed by atoms with E-state index < -0.39 is 0 Å². The molecule has 2 aromatic heterocycles. The van der Waals surface area contributed by atoms with Crippen LogP contribution in [-0.2, 0) is 0 Å². The summed E-state index contributed by atoms with van der Waals surface area (Å²) in [6.07, 6.45) is 5.04. The molecule has 2 heterocycles. The van der Waals surface area contributed by atoms with Gasteiger partial charge >= 0.3 is 0 Å². The van der Waals surface area contributed by atoms with E-state index in [0.29, 0.717) is 0 Å². The lowest BCUT2D eigenvalue weighted by atomic mass is 10.2. The molecule has 4 nitrogen and oxygen atoms in total. The van der Waals surface area contributed by atoms with E-state index in [9.17, 15) is 0 Å². The van der Waals surface area contributed by atoms with Crippen molar-refractivity contribution in [2.24, 2.45) is 0 Å². The van der Waals surface area contributed by atoms with Crippen LogP contribution in [0, 0.1) is 0 Å². The van der Waals surface area contributed by atoms with Crippen molar-refractivity contribution < 1.29 is 0 Å². The van der Waals surface area contributed by atoms with E-state index in [1.54, 1.807) is 18.7 Å². The molecule has 1 N–H and O–H groups in total. The van der Waals surface area contributed by atoms with Crippen molar-refractivity contribution >= 4 is 22.4 Å². The summed E-state index contributed by atoms with van der Waals surface area (Å²) in [7, 11) is 0. The minimum atomic E-state index is 0.807. The molecule has 0 amide bonds. The molecule has 0 aliphatic heterocycles. The molecule has 0 unspecified atom stereocenters. The maximum Gasteiger partial charge on any atom is 0.141 e. The van der Waals surface area contributed by atoms with Gasteiger partial charge in [0.1, 0.15) is 12.1 Å². The molecule has 0 atom stereocenters. The smallest absolute Gasteiger partial charge is 0.141 e. The minimum absolute atomic E-state index is 0.807. The number of pyridine rings is 1. The van der Waals surface area contributed by atoms with E-state index in [2.05, 4.69) is 20.3 Å². The second-order valence-corrected chi connectivity index (χ2v) is 3.60. The molecule has 0 saturated carbocycles. The molecule has 0 fully saturated rings. The zero-order valence-corrected chi connectivity index (χ0v) is 9.04. The molecule has 17 heavy (non-hydrogen) atoms. The highest BCUT2D eigenvalue weighted by Gasteiger charge is 2.02. The quantitative estimate of drug-likeness (QED) is 0.724. The van der Waals surface area contributed by atoms with Gasteiger partial charge in [0, 0.05) is 23.5 Å². The van der Waals surface area contributed by atoms with Crippen LogP contribution in [0.25, 0.3) is 10.9 Å². The Balaban J connectivity index is 2.06. The topological polar surface area (TPSA) is 50.7 Å². The number of anilines is 2. The summed E-state index contributed by atoms with van der Waals surface area (Å²) in [6, 6.07) is 11.7. The molecule has 3 aromatic rings. The third kappa shape index (κ3) is 1.92. The van der Waals surface area contributed by atoms with Gasteiger partial charge in [0.2, 0.25) is 0 Å². The van der Waals surface area contributed by atoms with Crippen LogP contribution in [0.3, 0.4) is 0 Å². The van der Waals surface area contributed by atoms with Crippen LogP contribution in [0.15, 0.2) is 55.1 Å². The molecular formula is C13H10N4. The first-order valence-electron chi connectivity index (χ1n) is 5.30. The summed E-state index contributed by atoms with van der Waals surface area (Å²) in [5.74, 6) is 0.807. The van der Waals surface area contributed by atoms with Crippen molar-refractivity contribution in [1.82, 2.24) is 15.0 Å². The number of benzene rings is 1. The summed E-state index contributed by atoms with van der Waals surface area (Å²) in [6.45, 7) is 0. The van der Waals surface area contributed by atoms with Gasteiger partial charge in [-0.05, 0) is 24.3 Å². The number of hydrogen-bond donors (Lipinski definition) is 1. The number of rotatable bonds is 2. The highest BCUT2D eigenvalue weighted by molar-refractivity contribution is 5.90. The normalized spacial score (nSPS) is 10.4. The molecule has 3 rings (SSSR count). The zero-order chi connectivity index (χ0) is 11.5. The van der Waals surface area contributed by atoms with Crippen LogP contribution in [0.1, 0.15) is 0 Å². The van der Waals surface area contributed by atoms with Crippen molar-refractivity contribution in [3.8, 4) is 0 Å². The first-order valence-corrected chi connectivity index (χ1v) is 5.30. The summed E-state index contributed by atoms with van der Waals surface area (Å²) in [4.78, 5) is 12.5. The Labute approximate surface area is 98.4 Å². The Hall–Kier alpha value is -2.49. The molecule has 4 heteroatoms. The maximum atomic E-state index is 4.26. The molecule has 1 aromatic carbocycles. The van der Waals surface area contributed by atoms with Crippen LogP contribution < -0.4 is 5.32 Å². The van der Waals surface area contributed by atoms with Gasteiger partial charge < -0.3 is 5.32 Å². The highest BCUT2D eigenvalue weighted by atomic mass is 15.0. The molecule has 0 radical (unpaired) electrons. The van der Waals surface area contributed by atoms with Crippen molar-refractivity contribution in [3.05, 3.63) is 55.1 Å². The number of nitrogens with zero attached hydrogens (tertiary/aromatic N) is 3. The van der Waals surface area contributed by atoms with Crippen LogP contribution >= 0.6 is 0 Å². The largest absolute Gasteiger partial charge is 0.340 e. The molecular weight excluding hydrogens is 212 g/mol. The van der Waals surface area contributed by atoms with Gasteiger partial charge in [0.25, 0.3) is 0 Å². The lowest BCUT2D eigenvalue weighted by Crippen LogP contribution is -1.95. The first-order chi connectivity index (χ1) is 8.43. The third-order valence-electron chi connectivity index (χ3n) is 2.49. The predicted molar refractivity (Wildman–Crippen MR) is 67.1 cm³/mol. The van der Waals surface area contributed by atoms with E-state index in [-0.39, 0.29) is 0 Å². The maximum absolute atomic E-state index is 4.26. The van der Waals surface area contributed by atoms with Crippen molar-refractivity contribution in [2.45, 2.75) is 0 Å². The SMILES string of the molecule is c1ccc2c(Nc3ccncc3)ncnc2c1. The third-order valence-corrected chi connectivity index (χ3v) is 2.49. The Morgan fingerprint density at radius 2 is 1.71 bits per heavy atom. The zero-order valence-electron chi connectivity index (χ0n) is 9.04. The number of fused-ring (bicyclic) bond motifs is 1. The van der Waals surface area contributed by atoms with Crippen molar-refractivity contribution in [1.29, 1.82) is 0 Å². The highest BCUT2D eigenvalue weighted by Crippen LogP contribution is 2.21. The van der Waals surface area contributed by atoms with Crippen molar-refractivity contribution in [2.75, 3.05) is 5.32 Å². The van der Waals surface area contributed by atoms with Gasteiger partial charge in [-0.3, -0.25) is 4.98 Å². The molecule has 0 aliphatic rings. The van der Waals surface area contributed by atoms with Crippen LogP contribution in [-0.4, -0.2) is 15.0 Å². The van der Waals surface area contributed by atoms with Gasteiger partial charge in [-0.15, -0.1) is 0 Å². The first kappa shape index (κ1) is 9.72. The molecule has 82 valence electrons. The fraction of sp³-hybridized carbons (Fsp3) is 0. The Bertz CT molecular complexity index is 632. The number of aromatic nitrogens is 3. The number of para-hydroxylation sites is 1.